The van der Waals surface area contributed by atoms with Gasteiger partial charge in [-0.1, -0.05) is 15.9 Å². The van der Waals surface area contributed by atoms with E-state index in [4.69, 9.17) is 5.11 Å². The number of benzene rings is 1. The molecule has 0 spiro atoms. The van der Waals surface area contributed by atoms with Crippen molar-refractivity contribution in [1.29, 1.82) is 0 Å². The van der Waals surface area contributed by atoms with E-state index in [1.54, 1.807) is 6.07 Å². The Balaban J connectivity index is 1.87. The molecule has 1 heterocycles. The molecule has 19 heavy (non-hydrogen) atoms. The van der Waals surface area contributed by atoms with Crippen LogP contribution in [0.25, 0.3) is 0 Å². The number of carbonyl (C=O) groups is 1. The van der Waals surface area contributed by atoms with E-state index in [1.807, 2.05) is 12.1 Å². The fraction of sp³-hybridized carbons (Fsp3) is 0.500. The highest BCUT2D eigenvalue weighted by Crippen LogP contribution is 2.27. The minimum Gasteiger partial charge on any atom is -0.508 e. The summed E-state index contributed by atoms with van der Waals surface area (Å²) in [6.45, 7) is 2.60. The van der Waals surface area contributed by atoms with Crippen LogP contribution in [-0.4, -0.2) is 34.2 Å². The highest BCUT2D eigenvalue weighted by Gasteiger charge is 2.23. The van der Waals surface area contributed by atoms with Crippen molar-refractivity contribution in [1.82, 2.24) is 4.90 Å². The Morgan fingerprint density at radius 3 is 3.00 bits per heavy atom. The molecule has 0 aromatic heterocycles. The third-order valence-corrected chi connectivity index (χ3v) is 4.07. The lowest BCUT2D eigenvalue weighted by molar-refractivity contribution is -0.137. The maximum Gasteiger partial charge on any atom is 0.303 e. The number of likely N-dealkylation sites (tertiary alicyclic amines) is 1. The van der Waals surface area contributed by atoms with Crippen molar-refractivity contribution in [2.75, 3.05) is 13.1 Å². The SMILES string of the molecule is O=C(O)CCC1CCN(Cc2cc(Br)ccc2O)C1. The van der Waals surface area contributed by atoms with Crippen molar-refractivity contribution in [2.24, 2.45) is 5.92 Å². The van der Waals surface area contributed by atoms with Crippen LogP contribution < -0.4 is 0 Å². The molecule has 104 valence electrons. The zero-order chi connectivity index (χ0) is 13.8. The molecule has 1 aromatic rings. The summed E-state index contributed by atoms with van der Waals surface area (Å²) in [7, 11) is 0. The van der Waals surface area contributed by atoms with Gasteiger partial charge in [0.25, 0.3) is 0 Å². The highest BCUT2D eigenvalue weighted by atomic mass is 79.9. The van der Waals surface area contributed by atoms with Gasteiger partial charge in [-0.25, -0.2) is 0 Å². The summed E-state index contributed by atoms with van der Waals surface area (Å²) in [5.74, 6) is 0.0608. The van der Waals surface area contributed by atoms with Gasteiger partial charge in [0.15, 0.2) is 0 Å². The van der Waals surface area contributed by atoms with Gasteiger partial charge in [0, 0.05) is 29.5 Å². The lowest BCUT2D eigenvalue weighted by Crippen LogP contribution is -2.20. The molecule has 1 aromatic carbocycles. The second kappa shape index (κ2) is 6.39. The molecule has 1 unspecified atom stereocenters. The Morgan fingerprint density at radius 1 is 1.47 bits per heavy atom. The number of phenols is 1. The number of rotatable bonds is 5. The molecule has 4 nitrogen and oxygen atoms in total. The zero-order valence-corrected chi connectivity index (χ0v) is 12.3. The Morgan fingerprint density at radius 2 is 2.26 bits per heavy atom. The summed E-state index contributed by atoms with van der Waals surface area (Å²) in [6, 6.07) is 5.44. The summed E-state index contributed by atoms with van der Waals surface area (Å²) < 4.78 is 0.960. The van der Waals surface area contributed by atoms with Crippen LogP contribution in [-0.2, 0) is 11.3 Å². The first kappa shape index (κ1) is 14.3. The number of aromatic hydroxyl groups is 1. The fourth-order valence-corrected chi connectivity index (χ4v) is 2.95. The summed E-state index contributed by atoms with van der Waals surface area (Å²) in [4.78, 5) is 12.8. The van der Waals surface area contributed by atoms with E-state index in [0.29, 0.717) is 11.7 Å². The van der Waals surface area contributed by atoms with Gasteiger partial charge < -0.3 is 10.2 Å². The first-order valence-electron chi connectivity index (χ1n) is 6.46. The monoisotopic (exact) mass is 327 g/mol. The number of nitrogens with zero attached hydrogens (tertiary/aromatic N) is 1. The molecule has 1 fully saturated rings. The molecule has 1 atom stereocenters. The van der Waals surface area contributed by atoms with Crippen molar-refractivity contribution in [3.8, 4) is 5.75 Å². The van der Waals surface area contributed by atoms with Gasteiger partial charge in [0.1, 0.15) is 5.75 Å². The van der Waals surface area contributed by atoms with Crippen LogP contribution >= 0.6 is 15.9 Å². The molecule has 2 rings (SSSR count). The smallest absolute Gasteiger partial charge is 0.303 e. The molecular weight excluding hydrogens is 310 g/mol. The topological polar surface area (TPSA) is 60.8 Å². The minimum atomic E-state index is -0.719. The summed E-state index contributed by atoms with van der Waals surface area (Å²) in [6.07, 6.45) is 2.04. The van der Waals surface area contributed by atoms with Crippen LogP contribution in [0.4, 0.5) is 0 Å². The predicted octanol–water partition coefficient (Wildman–Crippen LogP) is 2.84. The van der Waals surface area contributed by atoms with E-state index in [1.165, 1.54) is 0 Å². The Kier molecular flexibility index (Phi) is 4.82. The van der Waals surface area contributed by atoms with Crippen molar-refractivity contribution in [3.63, 3.8) is 0 Å². The summed E-state index contributed by atoms with van der Waals surface area (Å²) in [5, 5.41) is 18.5. The van der Waals surface area contributed by atoms with Crippen LogP contribution in [0.3, 0.4) is 0 Å². The number of halogens is 1. The maximum atomic E-state index is 10.6. The molecule has 0 amide bonds. The van der Waals surface area contributed by atoms with E-state index in [2.05, 4.69) is 20.8 Å². The van der Waals surface area contributed by atoms with Crippen LogP contribution in [0.1, 0.15) is 24.8 Å². The van der Waals surface area contributed by atoms with Crippen molar-refractivity contribution in [3.05, 3.63) is 28.2 Å². The number of hydrogen-bond donors (Lipinski definition) is 2. The average molecular weight is 328 g/mol. The van der Waals surface area contributed by atoms with Crippen LogP contribution in [0.2, 0.25) is 0 Å². The molecule has 2 N–H and O–H groups in total. The number of phenolic OH excluding ortho intramolecular Hbond substituents is 1. The molecule has 1 aliphatic heterocycles. The maximum absolute atomic E-state index is 10.6. The normalized spacial score (nSPS) is 19.7. The molecule has 1 saturated heterocycles. The largest absolute Gasteiger partial charge is 0.508 e. The predicted molar refractivity (Wildman–Crippen MR) is 76.1 cm³/mol. The molecule has 0 aliphatic carbocycles. The van der Waals surface area contributed by atoms with E-state index < -0.39 is 5.97 Å². The zero-order valence-electron chi connectivity index (χ0n) is 10.7. The van der Waals surface area contributed by atoms with Gasteiger partial charge in [-0.3, -0.25) is 9.69 Å². The van der Waals surface area contributed by atoms with Crippen molar-refractivity contribution in [2.45, 2.75) is 25.8 Å². The van der Waals surface area contributed by atoms with E-state index >= 15 is 0 Å². The second-order valence-electron chi connectivity index (χ2n) is 5.10. The summed E-state index contributed by atoms with van der Waals surface area (Å²) in [5.41, 5.74) is 0.910. The lowest BCUT2D eigenvalue weighted by Gasteiger charge is -2.17. The molecular formula is C14H18BrNO3. The molecule has 0 saturated carbocycles. The second-order valence-corrected chi connectivity index (χ2v) is 6.01. The molecule has 0 bridgehead atoms. The number of carboxylic acid groups (broad SMARTS) is 1. The first-order valence-corrected chi connectivity index (χ1v) is 7.25. The number of hydrogen-bond acceptors (Lipinski definition) is 3. The summed E-state index contributed by atoms with van der Waals surface area (Å²) >= 11 is 3.40. The standard InChI is InChI=1S/C14H18BrNO3/c15-12-2-3-13(17)11(7-12)9-16-6-5-10(8-16)1-4-14(18)19/h2-3,7,10,17H,1,4-6,8-9H2,(H,18,19). The Labute approximate surface area is 121 Å². The fourth-order valence-electron chi connectivity index (χ4n) is 2.54. The highest BCUT2D eigenvalue weighted by molar-refractivity contribution is 9.10. The van der Waals surface area contributed by atoms with Crippen LogP contribution in [0.15, 0.2) is 22.7 Å². The lowest BCUT2D eigenvalue weighted by atomic mass is 10.0. The van der Waals surface area contributed by atoms with Gasteiger partial charge in [0.05, 0.1) is 0 Å². The number of carboxylic acids is 1. The van der Waals surface area contributed by atoms with Crippen molar-refractivity contribution < 1.29 is 15.0 Å². The van der Waals surface area contributed by atoms with Crippen LogP contribution in [0.5, 0.6) is 5.75 Å². The van der Waals surface area contributed by atoms with Gasteiger partial charge in [-0.15, -0.1) is 0 Å². The van der Waals surface area contributed by atoms with E-state index in [-0.39, 0.29) is 6.42 Å². The average Bonchev–Trinajstić information content (AvgIpc) is 2.79. The van der Waals surface area contributed by atoms with E-state index in [9.17, 15) is 9.90 Å². The Hall–Kier alpha value is -1.07. The third-order valence-electron chi connectivity index (χ3n) is 3.57. The van der Waals surface area contributed by atoms with Gasteiger partial charge in [0.2, 0.25) is 0 Å². The minimum absolute atomic E-state index is 0.251. The van der Waals surface area contributed by atoms with Crippen molar-refractivity contribution >= 4 is 21.9 Å². The quantitative estimate of drug-likeness (QED) is 0.873. The Bertz CT molecular complexity index is 464. The van der Waals surface area contributed by atoms with Gasteiger partial charge in [-0.05, 0) is 43.5 Å². The first-order chi connectivity index (χ1) is 9.04. The van der Waals surface area contributed by atoms with E-state index in [0.717, 1.165) is 42.5 Å². The third kappa shape index (κ3) is 4.21. The molecule has 0 radical (unpaired) electrons. The van der Waals surface area contributed by atoms with Gasteiger partial charge >= 0.3 is 5.97 Å². The number of aliphatic carboxylic acids is 1. The molecule has 1 aliphatic rings. The van der Waals surface area contributed by atoms with Crippen LogP contribution in [0, 0.1) is 5.92 Å². The molecule has 5 heteroatoms. The van der Waals surface area contributed by atoms with Gasteiger partial charge in [-0.2, -0.15) is 0 Å².